The van der Waals surface area contributed by atoms with E-state index in [1.165, 1.54) is 6.42 Å². The van der Waals surface area contributed by atoms with Crippen LogP contribution >= 0.6 is 0 Å². The minimum absolute atomic E-state index is 0.165. The van der Waals surface area contributed by atoms with E-state index in [1.807, 2.05) is 29.2 Å². The molecule has 1 aliphatic heterocycles. The first-order valence-electron chi connectivity index (χ1n) is 7.25. The zero-order chi connectivity index (χ0) is 13.8. The molecule has 2 N–H and O–H groups in total. The van der Waals surface area contributed by atoms with Crippen molar-refractivity contribution < 1.29 is 4.79 Å². The Morgan fingerprint density at radius 1 is 1.32 bits per heavy atom. The van der Waals surface area contributed by atoms with Crippen molar-refractivity contribution in [3.05, 3.63) is 35.4 Å². The smallest absolute Gasteiger partial charge is 0.254 e. The molecule has 2 rings (SSSR count). The second kappa shape index (κ2) is 6.20. The summed E-state index contributed by atoms with van der Waals surface area (Å²) in [5.74, 6) is 0.165. The standard InChI is InChI=1S/C16H24N2O/c1-12-5-3-6-13(2)18(12)16(19)15-8-4-7-14(11-15)9-10-17/h4,7-8,11-13H,3,5-6,9-10,17H2,1-2H3. The van der Waals surface area contributed by atoms with Crippen molar-refractivity contribution in [3.8, 4) is 0 Å². The van der Waals surface area contributed by atoms with Crippen LogP contribution in [0.1, 0.15) is 49.0 Å². The molecule has 0 bridgehead atoms. The van der Waals surface area contributed by atoms with Gasteiger partial charge in [-0.3, -0.25) is 4.79 Å². The Bertz CT molecular complexity index is 434. The fraction of sp³-hybridized carbons (Fsp3) is 0.562. The molecule has 3 nitrogen and oxygen atoms in total. The van der Waals surface area contributed by atoms with E-state index >= 15 is 0 Å². The predicted molar refractivity (Wildman–Crippen MR) is 78.1 cm³/mol. The fourth-order valence-electron chi connectivity index (χ4n) is 3.00. The third kappa shape index (κ3) is 3.16. The van der Waals surface area contributed by atoms with E-state index < -0.39 is 0 Å². The van der Waals surface area contributed by atoms with Crippen LogP contribution in [0.4, 0.5) is 0 Å². The Morgan fingerprint density at radius 2 is 2.00 bits per heavy atom. The zero-order valence-corrected chi connectivity index (χ0v) is 11.9. The largest absolute Gasteiger partial charge is 0.333 e. The van der Waals surface area contributed by atoms with E-state index in [9.17, 15) is 4.79 Å². The number of rotatable bonds is 3. The number of amides is 1. The van der Waals surface area contributed by atoms with Crippen LogP contribution in [0.15, 0.2) is 24.3 Å². The molecule has 0 spiro atoms. The number of benzene rings is 1. The molecule has 0 radical (unpaired) electrons. The highest BCUT2D eigenvalue weighted by Crippen LogP contribution is 2.24. The first-order valence-corrected chi connectivity index (χ1v) is 7.25. The summed E-state index contributed by atoms with van der Waals surface area (Å²) < 4.78 is 0. The number of nitrogens with two attached hydrogens (primary N) is 1. The van der Waals surface area contributed by atoms with Gasteiger partial charge in [-0.05, 0) is 63.8 Å². The lowest BCUT2D eigenvalue weighted by Crippen LogP contribution is -2.47. The fourth-order valence-corrected chi connectivity index (χ4v) is 3.00. The summed E-state index contributed by atoms with van der Waals surface area (Å²) >= 11 is 0. The Kier molecular flexibility index (Phi) is 4.59. The second-order valence-corrected chi connectivity index (χ2v) is 5.58. The van der Waals surface area contributed by atoms with Gasteiger partial charge < -0.3 is 10.6 Å². The number of carbonyl (C=O) groups is 1. The average Bonchev–Trinajstić information content (AvgIpc) is 2.39. The van der Waals surface area contributed by atoms with Crippen LogP contribution in [0.2, 0.25) is 0 Å². The molecular formula is C16H24N2O. The maximum absolute atomic E-state index is 12.7. The van der Waals surface area contributed by atoms with Crippen molar-refractivity contribution in [2.24, 2.45) is 5.73 Å². The summed E-state index contributed by atoms with van der Waals surface area (Å²) in [6, 6.07) is 8.58. The van der Waals surface area contributed by atoms with Gasteiger partial charge in [-0.25, -0.2) is 0 Å². The normalized spacial score (nSPS) is 23.4. The quantitative estimate of drug-likeness (QED) is 0.908. The molecule has 0 aliphatic carbocycles. The van der Waals surface area contributed by atoms with Gasteiger partial charge in [0.05, 0.1) is 0 Å². The highest BCUT2D eigenvalue weighted by atomic mass is 16.2. The van der Waals surface area contributed by atoms with E-state index in [4.69, 9.17) is 5.73 Å². The Labute approximate surface area is 115 Å². The van der Waals surface area contributed by atoms with E-state index in [1.54, 1.807) is 0 Å². The summed E-state index contributed by atoms with van der Waals surface area (Å²) in [5.41, 5.74) is 7.52. The lowest BCUT2D eigenvalue weighted by molar-refractivity contribution is 0.0510. The molecule has 1 amide bonds. The zero-order valence-electron chi connectivity index (χ0n) is 11.9. The lowest BCUT2D eigenvalue weighted by Gasteiger charge is -2.39. The van der Waals surface area contributed by atoms with Crippen molar-refractivity contribution in [2.45, 2.75) is 51.6 Å². The third-order valence-corrected chi connectivity index (χ3v) is 4.03. The van der Waals surface area contributed by atoms with Gasteiger partial charge in [-0.2, -0.15) is 0 Å². The van der Waals surface area contributed by atoms with Crippen molar-refractivity contribution in [1.82, 2.24) is 4.90 Å². The first kappa shape index (κ1) is 14.1. The Hall–Kier alpha value is -1.35. The molecule has 2 unspecified atom stereocenters. The lowest BCUT2D eigenvalue weighted by atomic mass is 9.96. The maximum Gasteiger partial charge on any atom is 0.254 e. The number of carbonyl (C=O) groups excluding carboxylic acids is 1. The molecule has 104 valence electrons. The monoisotopic (exact) mass is 260 g/mol. The van der Waals surface area contributed by atoms with E-state index in [0.29, 0.717) is 18.6 Å². The van der Waals surface area contributed by atoms with Gasteiger partial charge in [0.25, 0.3) is 5.91 Å². The number of piperidine rings is 1. The van der Waals surface area contributed by atoms with Crippen LogP contribution in [0, 0.1) is 0 Å². The van der Waals surface area contributed by atoms with Gasteiger partial charge in [-0.1, -0.05) is 12.1 Å². The molecule has 19 heavy (non-hydrogen) atoms. The summed E-state index contributed by atoms with van der Waals surface area (Å²) in [5, 5.41) is 0. The first-order chi connectivity index (χ1) is 9.13. The van der Waals surface area contributed by atoms with Crippen LogP contribution in [0.5, 0.6) is 0 Å². The molecule has 0 aromatic heterocycles. The topological polar surface area (TPSA) is 46.3 Å². The highest BCUT2D eigenvalue weighted by molar-refractivity contribution is 5.94. The molecular weight excluding hydrogens is 236 g/mol. The van der Waals surface area contributed by atoms with Crippen LogP contribution < -0.4 is 5.73 Å². The van der Waals surface area contributed by atoms with E-state index in [2.05, 4.69) is 13.8 Å². The molecule has 1 aromatic carbocycles. The number of hydrogen-bond acceptors (Lipinski definition) is 2. The van der Waals surface area contributed by atoms with Gasteiger partial charge in [0.1, 0.15) is 0 Å². The second-order valence-electron chi connectivity index (χ2n) is 5.58. The Morgan fingerprint density at radius 3 is 2.63 bits per heavy atom. The molecule has 3 heteroatoms. The van der Waals surface area contributed by atoms with Gasteiger partial charge >= 0.3 is 0 Å². The van der Waals surface area contributed by atoms with Gasteiger partial charge in [0.2, 0.25) is 0 Å². The number of hydrogen-bond donors (Lipinski definition) is 1. The molecule has 1 heterocycles. The summed E-state index contributed by atoms with van der Waals surface area (Å²) in [7, 11) is 0. The molecule has 0 saturated carbocycles. The van der Waals surface area contributed by atoms with E-state index in [0.717, 1.165) is 30.4 Å². The summed E-state index contributed by atoms with van der Waals surface area (Å²) in [6.45, 7) is 4.92. The van der Waals surface area contributed by atoms with Crippen molar-refractivity contribution in [1.29, 1.82) is 0 Å². The SMILES string of the molecule is CC1CCCC(C)N1C(=O)c1cccc(CCN)c1. The molecule has 2 atom stereocenters. The molecule has 1 aromatic rings. The van der Waals surface area contributed by atoms with Crippen LogP contribution in [0.3, 0.4) is 0 Å². The Balaban J connectivity index is 2.20. The van der Waals surface area contributed by atoms with Gasteiger partial charge in [0, 0.05) is 17.6 Å². The molecule has 1 aliphatic rings. The number of nitrogens with zero attached hydrogens (tertiary/aromatic N) is 1. The highest BCUT2D eigenvalue weighted by Gasteiger charge is 2.29. The molecule has 1 saturated heterocycles. The maximum atomic E-state index is 12.7. The van der Waals surface area contributed by atoms with Crippen LogP contribution in [-0.2, 0) is 6.42 Å². The summed E-state index contributed by atoms with van der Waals surface area (Å²) in [6.07, 6.45) is 4.27. The van der Waals surface area contributed by atoms with Crippen molar-refractivity contribution >= 4 is 5.91 Å². The van der Waals surface area contributed by atoms with Crippen LogP contribution in [0.25, 0.3) is 0 Å². The molecule has 1 fully saturated rings. The number of likely N-dealkylation sites (tertiary alicyclic amines) is 1. The third-order valence-electron chi connectivity index (χ3n) is 4.03. The summed E-state index contributed by atoms with van der Waals surface area (Å²) in [4.78, 5) is 14.7. The minimum atomic E-state index is 0.165. The van der Waals surface area contributed by atoms with E-state index in [-0.39, 0.29) is 5.91 Å². The average molecular weight is 260 g/mol. The van der Waals surface area contributed by atoms with Gasteiger partial charge in [0.15, 0.2) is 0 Å². The van der Waals surface area contributed by atoms with Gasteiger partial charge in [-0.15, -0.1) is 0 Å². The van der Waals surface area contributed by atoms with Crippen molar-refractivity contribution in [3.63, 3.8) is 0 Å². The predicted octanol–water partition coefficient (Wildman–Crippen LogP) is 2.59. The minimum Gasteiger partial charge on any atom is -0.333 e. The van der Waals surface area contributed by atoms with Crippen molar-refractivity contribution in [2.75, 3.05) is 6.54 Å². The van der Waals surface area contributed by atoms with Crippen LogP contribution in [-0.4, -0.2) is 29.4 Å².